The average Bonchev–Trinajstić information content (AvgIpc) is 3.23. The molecule has 1 fully saturated rings. The van der Waals surface area contributed by atoms with E-state index in [9.17, 15) is 23.9 Å². The highest BCUT2D eigenvalue weighted by molar-refractivity contribution is 14.1. The molecule has 0 radical (unpaired) electrons. The number of aliphatic hydroxyl groups excluding tert-OH is 2. The number of hydrogen-bond donors (Lipinski definition) is 4. The molecule has 4 rings (SSSR count). The Bertz CT molecular complexity index is 1340. The molecule has 1 aliphatic rings. The van der Waals surface area contributed by atoms with E-state index >= 15 is 0 Å². The first-order valence-corrected chi connectivity index (χ1v) is 13.2. The van der Waals surface area contributed by atoms with E-state index in [-0.39, 0.29) is 12.3 Å². The highest BCUT2D eigenvalue weighted by atomic mass is 127. The molecule has 1 saturated heterocycles. The summed E-state index contributed by atoms with van der Waals surface area (Å²) in [5.41, 5.74) is 1.12. The maximum absolute atomic E-state index is 14.5. The third kappa shape index (κ3) is 6.54. The SMILES string of the molecule is C[C@@H](c1ccccc1)[C@@H](C(=O)Nc1ccc(I)cc1F)N1C(=O)N[C@H](c2ccc(OC[C@H](O)CO)cc2)C1=O. The molecular formula is C28H27FIN3O6. The predicted molar refractivity (Wildman–Crippen MR) is 150 cm³/mol. The van der Waals surface area contributed by atoms with Gasteiger partial charge in [0.1, 0.15) is 36.4 Å². The van der Waals surface area contributed by atoms with Crippen LogP contribution >= 0.6 is 22.6 Å². The number of ether oxygens (including phenoxy) is 1. The highest BCUT2D eigenvalue weighted by Gasteiger charge is 2.47. The third-order valence-corrected chi connectivity index (χ3v) is 7.04. The van der Waals surface area contributed by atoms with Crippen molar-refractivity contribution in [1.82, 2.24) is 10.2 Å². The zero-order valence-corrected chi connectivity index (χ0v) is 23.0. The number of rotatable bonds is 10. The summed E-state index contributed by atoms with van der Waals surface area (Å²) in [6.45, 7) is 1.17. The second kappa shape index (κ2) is 12.5. The molecule has 204 valence electrons. The number of benzene rings is 3. The van der Waals surface area contributed by atoms with Crippen LogP contribution in [0.15, 0.2) is 72.8 Å². The Labute approximate surface area is 238 Å². The van der Waals surface area contributed by atoms with Crippen LogP contribution < -0.4 is 15.4 Å². The van der Waals surface area contributed by atoms with Crippen molar-refractivity contribution in [3.05, 3.63) is 93.3 Å². The average molecular weight is 647 g/mol. The minimum atomic E-state index is -1.27. The predicted octanol–water partition coefficient (Wildman–Crippen LogP) is 3.57. The van der Waals surface area contributed by atoms with Crippen LogP contribution in [-0.2, 0) is 9.59 Å². The molecule has 0 aliphatic carbocycles. The van der Waals surface area contributed by atoms with Crippen molar-refractivity contribution < 1.29 is 33.7 Å². The number of nitrogens with one attached hydrogen (secondary N) is 2. The Morgan fingerprint density at radius 3 is 2.46 bits per heavy atom. The number of carbonyl (C=O) groups excluding carboxylic acids is 3. The first kappa shape index (κ1) is 28.5. The number of urea groups is 1. The molecule has 4 amide bonds. The van der Waals surface area contributed by atoms with E-state index in [1.54, 1.807) is 61.5 Å². The molecule has 11 heteroatoms. The molecule has 1 aliphatic heterocycles. The lowest BCUT2D eigenvalue weighted by molar-refractivity contribution is -0.134. The van der Waals surface area contributed by atoms with Crippen molar-refractivity contribution in [3.8, 4) is 5.75 Å². The van der Waals surface area contributed by atoms with Gasteiger partial charge in [-0.1, -0.05) is 49.4 Å². The topological polar surface area (TPSA) is 128 Å². The second-order valence-electron chi connectivity index (χ2n) is 9.06. The number of imide groups is 1. The van der Waals surface area contributed by atoms with Gasteiger partial charge in [0.2, 0.25) is 5.91 Å². The maximum atomic E-state index is 14.5. The molecule has 0 aromatic heterocycles. The van der Waals surface area contributed by atoms with Crippen molar-refractivity contribution in [2.75, 3.05) is 18.5 Å². The van der Waals surface area contributed by atoms with Crippen molar-refractivity contribution in [2.45, 2.75) is 31.0 Å². The summed E-state index contributed by atoms with van der Waals surface area (Å²) >= 11 is 1.95. The van der Waals surface area contributed by atoms with Crippen molar-refractivity contribution >= 4 is 46.1 Å². The number of hydrogen-bond acceptors (Lipinski definition) is 6. The summed E-state index contributed by atoms with van der Waals surface area (Å²) in [5, 5.41) is 23.6. The summed E-state index contributed by atoms with van der Waals surface area (Å²) < 4.78 is 20.6. The highest BCUT2D eigenvalue weighted by Crippen LogP contribution is 2.32. The standard InChI is InChI=1S/C28H27FIN3O6/c1-16(17-5-3-2-4-6-17)25(26(36)31-23-12-9-19(30)13-22(23)29)33-27(37)24(32-28(33)38)18-7-10-21(11-8-18)39-15-20(35)14-34/h2-13,16,20,24-25,34-35H,14-15H2,1H3,(H,31,36)(H,32,38)/t16-,20+,24+,25-/m0/s1. The molecule has 4 atom stereocenters. The number of amides is 4. The fourth-order valence-electron chi connectivity index (χ4n) is 4.29. The molecule has 1 heterocycles. The van der Waals surface area contributed by atoms with Gasteiger partial charge in [0.15, 0.2) is 0 Å². The fourth-order valence-corrected chi connectivity index (χ4v) is 4.74. The number of carbonyl (C=O) groups is 3. The van der Waals surface area contributed by atoms with E-state index in [2.05, 4.69) is 10.6 Å². The monoisotopic (exact) mass is 647 g/mol. The van der Waals surface area contributed by atoms with Gasteiger partial charge in [0.25, 0.3) is 5.91 Å². The molecule has 3 aromatic carbocycles. The van der Waals surface area contributed by atoms with Crippen LogP contribution in [-0.4, -0.2) is 58.3 Å². The Morgan fingerprint density at radius 2 is 1.82 bits per heavy atom. The van der Waals surface area contributed by atoms with E-state index in [1.807, 2.05) is 28.7 Å². The lowest BCUT2D eigenvalue weighted by Gasteiger charge is -2.30. The van der Waals surface area contributed by atoms with E-state index < -0.39 is 54.4 Å². The summed E-state index contributed by atoms with van der Waals surface area (Å²) in [4.78, 5) is 41.2. The molecule has 0 spiro atoms. The number of anilines is 1. The Morgan fingerprint density at radius 1 is 1.13 bits per heavy atom. The van der Waals surface area contributed by atoms with E-state index in [0.717, 1.165) is 10.5 Å². The van der Waals surface area contributed by atoms with Crippen LogP contribution in [0.5, 0.6) is 5.75 Å². The Balaban J connectivity index is 1.60. The van der Waals surface area contributed by atoms with Gasteiger partial charge in [-0.05, 0) is 64.0 Å². The lowest BCUT2D eigenvalue weighted by Crippen LogP contribution is -2.50. The zero-order chi connectivity index (χ0) is 28.1. The quantitative estimate of drug-likeness (QED) is 0.197. The Hall–Kier alpha value is -3.55. The van der Waals surface area contributed by atoms with Crippen molar-refractivity contribution in [1.29, 1.82) is 0 Å². The number of aliphatic hydroxyl groups is 2. The van der Waals surface area contributed by atoms with Crippen LogP contribution in [0.4, 0.5) is 14.9 Å². The van der Waals surface area contributed by atoms with Crippen LogP contribution in [0.25, 0.3) is 0 Å². The Kier molecular flexibility index (Phi) is 9.15. The molecule has 0 unspecified atom stereocenters. The van der Waals surface area contributed by atoms with Crippen LogP contribution in [0.3, 0.4) is 0 Å². The normalized spacial score (nSPS) is 17.4. The van der Waals surface area contributed by atoms with Gasteiger partial charge in [-0.25, -0.2) is 14.1 Å². The molecule has 0 bridgehead atoms. The van der Waals surface area contributed by atoms with E-state index in [4.69, 9.17) is 9.84 Å². The summed E-state index contributed by atoms with van der Waals surface area (Å²) in [6.07, 6.45) is -1.03. The maximum Gasteiger partial charge on any atom is 0.325 e. The van der Waals surface area contributed by atoms with Gasteiger partial charge in [0.05, 0.1) is 12.3 Å². The lowest BCUT2D eigenvalue weighted by atomic mass is 9.91. The first-order chi connectivity index (χ1) is 18.7. The fraction of sp³-hybridized carbons (Fsp3) is 0.250. The van der Waals surface area contributed by atoms with E-state index in [1.165, 1.54) is 12.1 Å². The van der Waals surface area contributed by atoms with Crippen LogP contribution in [0.1, 0.15) is 30.0 Å². The van der Waals surface area contributed by atoms with Gasteiger partial charge >= 0.3 is 6.03 Å². The van der Waals surface area contributed by atoms with Crippen molar-refractivity contribution in [2.24, 2.45) is 0 Å². The molecule has 0 saturated carbocycles. The van der Waals surface area contributed by atoms with Gasteiger partial charge in [-0.15, -0.1) is 0 Å². The first-order valence-electron chi connectivity index (χ1n) is 12.2. The zero-order valence-electron chi connectivity index (χ0n) is 20.9. The van der Waals surface area contributed by atoms with Gasteiger partial charge in [0, 0.05) is 9.49 Å². The molecular weight excluding hydrogens is 620 g/mol. The molecule has 9 nitrogen and oxygen atoms in total. The summed E-state index contributed by atoms with van der Waals surface area (Å²) in [7, 11) is 0. The van der Waals surface area contributed by atoms with Gasteiger partial charge in [-0.3, -0.25) is 9.59 Å². The minimum absolute atomic E-state index is 0.0591. The molecule has 4 N–H and O–H groups in total. The summed E-state index contributed by atoms with van der Waals surface area (Å²) in [5.74, 6) is -2.18. The largest absolute Gasteiger partial charge is 0.491 e. The second-order valence-corrected chi connectivity index (χ2v) is 10.3. The summed E-state index contributed by atoms with van der Waals surface area (Å²) in [6, 6.07) is 16.5. The smallest absolute Gasteiger partial charge is 0.325 e. The molecule has 3 aromatic rings. The number of halogens is 2. The van der Waals surface area contributed by atoms with Gasteiger partial charge < -0.3 is 25.6 Å². The van der Waals surface area contributed by atoms with Crippen molar-refractivity contribution in [3.63, 3.8) is 0 Å². The van der Waals surface area contributed by atoms with Crippen LogP contribution in [0, 0.1) is 9.39 Å². The van der Waals surface area contributed by atoms with Crippen LogP contribution in [0.2, 0.25) is 0 Å². The van der Waals surface area contributed by atoms with Gasteiger partial charge in [-0.2, -0.15) is 0 Å². The third-order valence-electron chi connectivity index (χ3n) is 6.37. The minimum Gasteiger partial charge on any atom is -0.491 e. The number of nitrogens with zero attached hydrogens (tertiary/aromatic N) is 1. The molecule has 39 heavy (non-hydrogen) atoms. The van der Waals surface area contributed by atoms with E-state index in [0.29, 0.717) is 14.9 Å².